The van der Waals surface area contributed by atoms with E-state index in [4.69, 9.17) is 5.26 Å². The molecule has 0 saturated heterocycles. The lowest BCUT2D eigenvalue weighted by Gasteiger charge is -2.31. The second-order valence-electron chi connectivity index (χ2n) is 4.17. The van der Waals surface area contributed by atoms with Crippen LogP contribution in [0.4, 0.5) is 0 Å². The number of nitrogens with zero attached hydrogens (tertiary/aromatic N) is 2. The first-order valence-electron chi connectivity index (χ1n) is 5.29. The van der Waals surface area contributed by atoms with Gasteiger partial charge in [0.25, 0.3) is 0 Å². The maximum atomic E-state index is 8.68. The minimum Gasteiger partial charge on any atom is -0.299 e. The number of nitriles is 1. The van der Waals surface area contributed by atoms with Crippen molar-refractivity contribution in [3.63, 3.8) is 0 Å². The molecule has 0 amide bonds. The van der Waals surface area contributed by atoms with E-state index in [0.717, 1.165) is 12.3 Å². The Balaban J connectivity index is 2.42. The minimum absolute atomic E-state index is 0.459. The predicted molar refractivity (Wildman–Crippen MR) is 54.3 cm³/mol. The zero-order chi connectivity index (χ0) is 9.84. The third-order valence-corrected chi connectivity index (χ3v) is 3.32. The third kappa shape index (κ3) is 2.70. The highest BCUT2D eigenvalue weighted by atomic mass is 15.2. The van der Waals surface area contributed by atoms with Crippen molar-refractivity contribution in [3.8, 4) is 6.07 Å². The van der Waals surface area contributed by atoms with Gasteiger partial charge in [0.2, 0.25) is 0 Å². The predicted octanol–water partition coefficient (Wildman–Crippen LogP) is 2.41. The molecule has 0 aliphatic heterocycles. The van der Waals surface area contributed by atoms with Crippen molar-refractivity contribution in [2.45, 2.75) is 51.6 Å². The van der Waals surface area contributed by atoms with Gasteiger partial charge in [-0.05, 0) is 39.2 Å². The van der Waals surface area contributed by atoms with Gasteiger partial charge in [0.1, 0.15) is 0 Å². The maximum Gasteiger partial charge on any atom is 0.0638 e. The summed E-state index contributed by atoms with van der Waals surface area (Å²) in [4.78, 5) is 2.39. The summed E-state index contributed by atoms with van der Waals surface area (Å²) >= 11 is 0. The van der Waals surface area contributed by atoms with Crippen LogP contribution in [-0.2, 0) is 0 Å². The molecule has 1 rings (SSSR count). The fourth-order valence-corrected chi connectivity index (χ4v) is 1.93. The van der Waals surface area contributed by atoms with Gasteiger partial charge in [0, 0.05) is 12.1 Å². The Kier molecular flexibility index (Phi) is 3.74. The van der Waals surface area contributed by atoms with E-state index in [9.17, 15) is 0 Å². The fourth-order valence-electron chi connectivity index (χ4n) is 1.93. The average Bonchev–Trinajstić information content (AvgIpc) is 2.95. The highest BCUT2D eigenvalue weighted by molar-refractivity contribution is 4.89. The highest BCUT2D eigenvalue weighted by Gasteiger charge is 2.32. The van der Waals surface area contributed by atoms with Crippen LogP contribution in [0, 0.1) is 17.2 Å². The smallest absolute Gasteiger partial charge is 0.0638 e. The molecule has 0 heterocycles. The first-order chi connectivity index (χ1) is 6.20. The Morgan fingerprint density at radius 1 is 1.54 bits per heavy atom. The van der Waals surface area contributed by atoms with Gasteiger partial charge in [-0.2, -0.15) is 5.26 Å². The molecule has 0 N–H and O–H groups in total. The molecule has 1 aliphatic rings. The van der Waals surface area contributed by atoms with E-state index >= 15 is 0 Å². The van der Waals surface area contributed by atoms with Gasteiger partial charge in [-0.25, -0.2) is 0 Å². The van der Waals surface area contributed by atoms with Crippen LogP contribution < -0.4 is 0 Å². The van der Waals surface area contributed by atoms with Crippen molar-refractivity contribution in [3.05, 3.63) is 0 Å². The summed E-state index contributed by atoms with van der Waals surface area (Å²) in [5.74, 6) is 0.901. The lowest BCUT2D eigenvalue weighted by atomic mass is 10.1. The molecule has 74 valence electrons. The molecule has 0 aromatic heterocycles. The molecule has 2 unspecified atom stereocenters. The lowest BCUT2D eigenvalue weighted by Crippen LogP contribution is -2.39. The molecule has 0 bridgehead atoms. The van der Waals surface area contributed by atoms with Crippen LogP contribution in [0.5, 0.6) is 0 Å². The van der Waals surface area contributed by atoms with Gasteiger partial charge in [-0.15, -0.1) is 0 Å². The fraction of sp³-hybridized carbons (Fsp3) is 0.909. The average molecular weight is 180 g/mol. The Labute approximate surface area is 81.5 Å². The van der Waals surface area contributed by atoms with Crippen LogP contribution in [0.25, 0.3) is 0 Å². The maximum absolute atomic E-state index is 8.68. The minimum atomic E-state index is 0.459. The van der Waals surface area contributed by atoms with Crippen LogP contribution in [0.2, 0.25) is 0 Å². The quantitative estimate of drug-likeness (QED) is 0.649. The van der Waals surface area contributed by atoms with Gasteiger partial charge >= 0.3 is 0 Å². The van der Waals surface area contributed by atoms with Crippen LogP contribution in [0.15, 0.2) is 0 Å². The van der Waals surface area contributed by atoms with Crippen molar-refractivity contribution < 1.29 is 0 Å². The van der Waals surface area contributed by atoms with Gasteiger partial charge in [0.05, 0.1) is 12.5 Å². The summed E-state index contributed by atoms with van der Waals surface area (Å²) in [6, 6.07) is 3.40. The monoisotopic (exact) mass is 180 g/mol. The second-order valence-corrected chi connectivity index (χ2v) is 4.17. The molecule has 1 saturated carbocycles. The van der Waals surface area contributed by atoms with Crippen LogP contribution in [-0.4, -0.2) is 24.0 Å². The summed E-state index contributed by atoms with van der Waals surface area (Å²) in [6.45, 7) is 4.45. The Morgan fingerprint density at radius 3 is 2.54 bits per heavy atom. The lowest BCUT2D eigenvalue weighted by molar-refractivity contribution is 0.164. The molecule has 13 heavy (non-hydrogen) atoms. The SMILES string of the molecule is CCC(CC#N)N(C)C(C)C1CC1. The Bertz CT molecular complexity index is 191. The van der Waals surface area contributed by atoms with Crippen molar-refractivity contribution in [2.75, 3.05) is 7.05 Å². The molecule has 0 aromatic carbocycles. The summed E-state index contributed by atoms with van der Waals surface area (Å²) in [5, 5.41) is 8.68. The van der Waals surface area contributed by atoms with Gasteiger partial charge in [-0.1, -0.05) is 6.92 Å². The van der Waals surface area contributed by atoms with E-state index in [2.05, 4.69) is 31.9 Å². The topological polar surface area (TPSA) is 27.0 Å². The molecule has 2 nitrogen and oxygen atoms in total. The largest absolute Gasteiger partial charge is 0.299 e. The molecule has 0 aromatic rings. The Hall–Kier alpha value is -0.550. The summed E-state index contributed by atoms with van der Waals surface area (Å²) in [6.07, 6.45) is 4.52. The number of rotatable bonds is 5. The third-order valence-electron chi connectivity index (χ3n) is 3.32. The summed E-state index contributed by atoms with van der Waals surface area (Å²) < 4.78 is 0. The number of hydrogen-bond donors (Lipinski definition) is 0. The summed E-state index contributed by atoms with van der Waals surface area (Å²) in [5.41, 5.74) is 0. The molecular weight excluding hydrogens is 160 g/mol. The van der Waals surface area contributed by atoms with Crippen molar-refractivity contribution in [1.82, 2.24) is 4.90 Å². The molecular formula is C11H20N2. The first kappa shape index (κ1) is 10.5. The normalized spacial score (nSPS) is 21.2. The van der Waals surface area contributed by atoms with E-state index in [-0.39, 0.29) is 0 Å². The van der Waals surface area contributed by atoms with Crippen LogP contribution >= 0.6 is 0 Å². The standard InChI is InChI=1S/C11H20N2/c1-4-11(7-8-12)13(3)9(2)10-5-6-10/h9-11H,4-7H2,1-3H3. The van der Waals surface area contributed by atoms with Gasteiger partial charge in [-0.3, -0.25) is 4.90 Å². The van der Waals surface area contributed by atoms with Gasteiger partial charge < -0.3 is 0 Å². The van der Waals surface area contributed by atoms with E-state index in [0.29, 0.717) is 18.5 Å². The first-order valence-corrected chi connectivity index (χ1v) is 5.29. The molecule has 0 radical (unpaired) electrons. The molecule has 1 fully saturated rings. The van der Waals surface area contributed by atoms with E-state index in [1.807, 2.05) is 0 Å². The van der Waals surface area contributed by atoms with E-state index in [1.165, 1.54) is 12.8 Å². The van der Waals surface area contributed by atoms with Crippen molar-refractivity contribution in [2.24, 2.45) is 5.92 Å². The molecule has 0 spiro atoms. The van der Waals surface area contributed by atoms with Crippen molar-refractivity contribution >= 4 is 0 Å². The second kappa shape index (κ2) is 4.62. The molecule has 2 atom stereocenters. The molecule has 2 heteroatoms. The zero-order valence-electron chi connectivity index (χ0n) is 8.95. The van der Waals surface area contributed by atoms with E-state index < -0.39 is 0 Å². The van der Waals surface area contributed by atoms with Gasteiger partial charge in [0.15, 0.2) is 0 Å². The van der Waals surface area contributed by atoms with Crippen LogP contribution in [0.1, 0.15) is 39.5 Å². The van der Waals surface area contributed by atoms with Crippen molar-refractivity contribution in [1.29, 1.82) is 5.26 Å². The van der Waals surface area contributed by atoms with E-state index in [1.54, 1.807) is 0 Å². The zero-order valence-corrected chi connectivity index (χ0v) is 8.95. The molecule has 1 aliphatic carbocycles. The van der Waals surface area contributed by atoms with Crippen LogP contribution in [0.3, 0.4) is 0 Å². The summed E-state index contributed by atoms with van der Waals surface area (Å²) in [7, 11) is 2.16. The number of hydrogen-bond acceptors (Lipinski definition) is 2. The Morgan fingerprint density at radius 2 is 2.15 bits per heavy atom. The highest BCUT2D eigenvalue weighted by Crippen LogP contribution is 2.35.